The zero-order chi connectivity index (χ0) is 16.0. The van der Waals surface area contributed by atoms with Crippen molar-refractivity contribution in [1.29, 1.82) is 0 Å². The molecule has 1 aromatic rings. The predicted molar refractivity (Wildman–Crippen MR) is 95.5 cm³/mol. The van der Waals surface area contributed by atoms with Gasteiger partial charge in [0.1, 0.15) is 0 Å². The van der Waals surface area contributed by atoms with E-state index in [0.717, 1.165) is 18.4 Å². The highest BCUT2D eigenvalue weighted by Crippen LogP contribution is 2.09. The summed E-state index contributed by atoms with van der Waals surface area (Å²) in [6.07, 6.45) is 9.23. The van der Waals surface area contributed by atoms with E-state index in [1.807, 2.05) is 30.3 Å². The molecule has 2 heteroatoms. The predicted octanol–water partition coefficient (Wildman–Crippen LogP) is 5.33. The van der Waals surface area contributed by atoms with Crippen molar-refractivity contribution >= 4 is 5.78 Å². The maximum Gasteiger partial charge on any atom is 0.162 e. The third-order valence-corrected chi connectivity index (χ3v) is 4.13. The summed E-state index contributed by atoms with van der Waals surface area (Å²) in [6.45, 7) is 8.18. The molecule has 0 spiro atoms. The van der Waals surface area contributed by atoms with Crippen LogP contribution in [0.1, 0.15) is 75.6 Å². The average molecular weight is 303 g/mol. The molecule has 0 amide bonds. The minimum Gasteiger partial charge on any atom is -0.303 e. The fourth-order valence-corrected chi connectivity index (χ4v) is 2.66. The van der Waals surface area contributed by atoms with Crippen LogP contribution in [0.5, 0.6) is 0 Å². The molecule has 0 N–H and O–H groups in total. The lowest BCUT2D eigenvalue weighted by molar-refractivity contribution is 0.0978. The molecule has 124 valence electrons. The summed E-state index contributed by atoms with van der Waals surface area (Å²) in [5, 5.41) is 0. The van der Waals surface area contributed by atoms with E-state index in [1.54, 1.807) is 0 Å². The van der Waals surface area contributed by atoms with Crippen molar-refractivity contribution in [1.82, 2.24) is 4.90 Å². The van der Waals surface area contributed by atoms with Crippen LogP contribution in [-0.4, -0.2) is 30.3 Å². The number of nitrogens with zero attached hydrogens (tertiary/aromatic N) is 1. The minimum atomic E-state index is 0.287. The first-order chi connectivity index (χ1) is 10.8. The van der Waals surface area contributed by atoms with Gasteiger partial charge < -0.3 is 4.90 Å². The van der Waals surface area contributed by atoms with Crippen LogP contribution in [0.2, 0.25) is 0 Å². The Labute approximate surface area is 136 Å². The molecule has 2 nitrogen and oxygen atoms in total. The highest BCUT2D eigenvalue weighted by Gasteiger charge is 2.06. The van der Waals surface area contributed by atoms with Gasteiger partial charge in [-0.2, -0.15) is 0 Å². The number of hydrogen-bond donors (Lipinski definition) is 0. The maximum atomic E-state index is 12.0. The van der Waals surface area contributed by atoms with E-state index in [2.05, 4.69) is 18.7 Å². The standard InChI is InChI=1S/C20H33NO/c1-3-5-16-21(17-6-4-2)18-12-8-11-15-20(22)19-13-9-7-10-14-19/h7,9-10,13-14H,3-6,8,11-12,15-18H2,1-2H3. The van der Waals surface area contributed by atoms with Gasteiger partial charge in [0.15, 0.2) is 5.78 Å². The van der Waals surface area contributed by atoms with Crippen LogP contribution in [0.3, 0.4) is 0 Å². The van der Waals surface area contributed by atoms with E-state index in [-0.39, 0.29) is 5.78 Å². The number of ketones is 1. The lowest BCUT2D eigenvalue weighted by Gasteiger charge is -2.21. The Bertz CT molecular complexity index is 380. The molecule has 0 atom stereocenters. The monoisotopic (exact) mass is 303 g/mol. The molecule has 0 radical (unpaired) electrons. The highest BCUT2D eigenvalue weighted by atomic mass is 16.1. The maximum absolute atomic E-state index is 12.0. The van der Waals surface area contributed by atoms with Gasteiger partial charge in [0.2, 0.25) is 0 Å². The lowest BCUT2D eigenvalue weighted by atomic mass is 10.0. The molecule has 0 saturated heterocycles. The van der Waals surface area contributed by atoms with Crippen LogP contribution < -0.4 is 0 Å². The molecule has 0 fully saturated rings. The minimum absolute atomic E-state index is 0.287. The van der Waals surface area contributed by atoms with Crippen molar-refractivity contribution in [2.75, 3.05) is 19.6 Å². The third-order valence-electron chi connectivity index (χ3n) is 4.13. The van der Waals surface area contributed by atoms with Crippen molar-refractivity contribution < 1.29 is 4.79 Å². The number of unbranched alkanes of at least 4 members (excludes halogenated alkanes) is 4. The Morgan fingerprint density at radius 1 is 0.818 bits per heavy atom. The lowest BCUT2D eigenvalue weighted by Crippen LogP contribution is -2.27. The molecular weight excluding hydrogens is 270 g/mol. The topological polar surface area (TPSA) is 20.3 Å². The second-order valence-electron chi connectivity index (χ2n) is 6.15. The van der Waals surface area contributed by atoms with Gasteiger partial charge in [-0.1, -0.05) is 63.4 Å². The summed E-state index contributed by atoms with van der Waals surface area (Å²) in [7, 11) is 0. The van der Waals surface area contributed by atoms with E-state index in [0.29, 0.717) is 6.42 Å². The molecular formula is C20H33NO. The van der Waals surface area contributed by atoms with Crippen molar-refractivity contribution in [3.63, 3.8) is 0 Å². The summed E-state index contributed by atoms with van der Waals surface area (Å²) in [4.78, 5) is 14.6. The van der Waals surface area contributed by atoms with Crippen LogP contribution in [0, 0.1) is 0 Å². The summed E-state index contributed by atoms with van der Waals surface area (Å²) in [5.74, 6) is 0.287. The van der Waals surface area contributed by atoms with Gasteiger partial charge in [-0.15, -0.1) is 0 Å². The van der Waals surface area contributed by atoms with Gasteiger partial charge in [-0.3, -0.25) is 4.79 Å². The number of carbonyl (C=O) groups is 1. The van der Waals surface area contributed by atoms with Gasteiger partial charge in [-0.25, -0.2) is 0 Å². The number of benzene rings is 1. The van der Waals surface area contributed by atoms with Crippen LogP contribution in [-0.2, 0) is 0 Å². The van der Waals surface area contributed by atoms with E-state index >= 15 is 0 Å². The van der Waals surface area contributed by atoms with E-state index in [9.17, 15) is 4.79 Å². The number of rotatable bonds is 13. The first kappa shape index (κ1) is 18.9. The zero-order valence-corrected chi connectivity index (χ0v) is 14.5. The molecule has 0 aromatic heterocycles. The fourth-order valence-electron chi connectivity index (χ4n) is 2.66. The van der Waals surface area contributed by atoms with Crippen molar-refractivity contribution in [2.45, 2.75) is 65.2 Å². The zero-order valence-electron chi connectivity index (χ0n) is 14.5. The van der Waals surface area contributed by atoms with Crippen molar-refractivity contribution in [3.8, 4) is 0 Å². The van der Waals surface area contributed by atoms with Crippen molar-refractivity contribution in [2.24, 2.45) is 0 Å². The Hall–Kier alpha value is -1.15. The van der Waals surface area contributed by atoms with Gasteiger partial charge in [0.05, 0.1) is 0 Å². The van der Waals surface area contributed by atoms with E-state index in [1.165, 1.54) is 51.7 Å². The van der Waals surface area contributed by atoms with Gasteiger partial charge in [0, 0.05) is 12.0 Å². The van der Waals surface area contributed by atoms with Gasteiger partial charge in [-0.05, 0) is 45.3 Å². The molecule has 0 unspecified atom stereocenters. The second kappa shape index (κ2) is 12.4. The van der Waals surface area contributed by atoms with Crippen LogP contribution >= 0.6 is 0 Å². The summed E-state index contributed by atoms with van der Waals surface area (Å²) >= 11 is 0. The molecule has 0 heterocycles. The Morgan fingerprint density at radius 2 is 1.41 bits per heavy atom. The normalized spacial score (nSPS) is 11.0. The second-order valence-corrected chi connectivity index (χ2v) is 6.15. The van der Waals surface area contributed by atoms with Crippen LogP contribution in [0.4, 0.5) is 0 Å². The third kappa shape index (κ3) is 8.33. The molecule has 0 aliphatic heterocycles. The number of hydrogen-bond acceptors (Lipinski definition) is 2. The first-order valence-corrected chi connectivity index (χ1v) is 9.08. The number of Topliss-reactive ketones (excluding diaryl/α,β-unsaturated/α-hetero) is 1. The van der Waals surface area contributed by atoms with Gasteiger partial charge >= 0.3 is 0 Å². The van der Waals surface area contributed by atoms with Gasteiger partial charge in [0.25, 0.3) is 0 Å². The Kier molecular flexibility index (Phi) is 10.7. The molecule has 0 aliphatic carbocycles. The molecule has 0 bridgehead atoms. The average Bonchev–Trinajstić information content (AvgIpc) is 2.56. The smallest absolute Gasteiger partial charge is 0.162 e. The fraction of sp³-hybridized carbons (Fsp3) is 0.650. The summed E-state index contributed by atoms with van der Waals surface area (Å²) in [6, 6.07) is 9.66. The largest absolute Gasteiger partial charge is 0.303 e. The van der Waals surface area contributed by atoms with E-state index in [4.69, 9.17) is 0 Å². The van der Waals surface area contributed by atoms with Crippen LogP contribution in [0.25, 0.3) is 0 Å². The molecule has 0 saturated carbocycles. The number of carbonyl (C=O) groups excluding carboxylic acids is 1. The quantitative estimate of drug-likeness (QED) is 0.362. The molecule has 0 aliphatic rings. The Balaban J connectivity index is 2.15. The van der Waals surface area contributed by atoms with Crippen LogP contribution in [0.15, 0.2) is 30.3 Å². The van der Waals surface area contributed by atoms with E-state index < -0.39 is 0 Å². The summed E-state index contributed by atoms with van der Waals surface area (Å²) < 4.78 is 0. The van der Waals surface area contributed by atoms with Crippen molar-refractivity contribution in [3.05, 3.63) is 35.9 Å². The Morgan fingerprint density at radius 3 is 2.00 bits per heavy atom. The summed E-state index contributed by atoms with van der Waals surface area (Å²) in [5.41, 5.74) is 0.856. The molecule has 1 aromatic carbocycles. The SMILES string of the molecule is CCCCN(CCCC)CCCCCC(=O)c1ccccc1. The highest BCUT2D eigenvalue weighted by molar-refractivity contribution is 5.95. The molecule has 1 rings (SSSR count). The molecule has 22 heavy (non-hydrogen) atoms. The first-order valence-electron chi connectivity index (χ1n) is 9.08.